The second-order valence-corrected chi connectivity index (χ2v) is 7.95. The highest BCUT2D eigenvalue weighted by atomic mass is 16.2. The molecule has 1 aliphatic heterocycles. The number of urea groups is 1. The van der Waals surface area contributed by atoms with Crippen LogP contribution in [0.15, 0.2) is 0 Å². The monoisotopic (exact) mass is 321 g/mol. The van der Waals surface area contributed by atoms with Crippen molar-refractivity contribution in [1.82, 2.24) is 10.2 Å². The number of amides is 3. The predicted octanol–water partition coefficient (Wildman–Crippen LogP) is 2.79. The van der Waals surface area contributed by atoms with E-state index in [1.807, 2.05) is 4.90 Å². The Labute approximate surface area is 139 Å². The number of carbonyl (C=O) groups excluding carboxylic acids is 2. The topological polar surface area (TPSA) is 75.4 Å². The number of likely N-dealkylation sites (tertiary alicyclic amines) is 1. The number of rotatable bonds is 2. The van der Waals surface area contributed by atoms with Crippen LogP contribution in [0, 0.1) is 11.3 Å². The molecule has 5 nitrogen and oxygen atoms in total. The first kappa shape index (κ1) is 16.6. The minimum Gasteiger partial charge on any atom is -0.369 e. The average Bonchev–Trinajstić information content (AvgIpc) is 2.88. The van der Waals surface area contributed by atoms with Crippen molar-refractivity contribution in [2.24, 2.45) is 17.1 Å². The summed E-state index contributed by atoms with van der Waals surface area (Å²) in [6.45, 7) is 1.80. The molecule has 3 amide bonds. The zero-order valence-electron chi connectivity index (χ0n) is 14.2. The number of nitrogens with zero attached hydrogens (tertiary/aromatic N) is 1. The minimum absolute atomic E-state index is 0.00330. The largest absolute Gasteiger partial charge is 0.369 e. The van der Waals surface area contributed by atoms with Crippen molar-refractivity contribution in [3.8, 4) is 0 Å². The molecule has 1 spiro atoms. The average molecular weight is 321 g/mol. The molecule has 0 bridgehead atoms. The van der Waals surface area contributed by atoms with Gasteiger partial charge in [0, 0.05) is 25.0 Å². The van der Waals surface area contributed by atoms with Crippen LogP contribution in [0.1, 0.15) is 70.6 Å². The maximum Gasteiger partial charge on any atom is 0.317 e. The number of primary amides is 1. The molecule has 0 aromatic heterocycles. The Balaban J connectivity index is 1.46. The van der Waals surface area contributed by atoms with Gasteiger partial charge in [-0.2, -0.15) is 0 Å². The molecule has 3 rings (SSSR count). The lowest BCUT2D eigenvalue weighted by atomic mass is 9.79. The molecule has 1 saturated heterocycles. The van der Waals surface area contributed by atoms with Gasteiger partial charge in [-0.3, -0.25) is 4.79 Å². The van der Waals surface area contributed by atoms with Crippen LogP contribution in [0.5, 0.6) is 0 Å². The third-order valence-corrected chi connectivity index (χ3v) is 6.46. The molecule has 2 aliphatic carbocycles. The van der Waals surface area contributed by atoms with Crippen molar-refractivity contribution in [3.63, 3.8) is 0 Å². The number of hydrogen-bond donors (Lipinski definition) is 2. The van der Waals surface area contributed by atoms with Crippen LogP contribution < -0.4 is 11.1 Å². The van der Waals surface area contributed by atoms with Gasteiger partial charge >= 0.3 is 6.03 Å². The molecule has 0 aromatic carbocycles. The fraction of sp³-hybridized carbons (Fsp3) is 0.889. The first-order valence-corrected chi connectivity index (χ1v) is 9.43. The van der Waals surface area contributed by atoms with E-state index in [0.29, 0.717) is 5.41 Å². The molecule has 0 atom stereocenters. The summed E-state index contributed by atoms with van der Waals surface area (Å²) in [5.41, 5.74) is 5.91. The zero-order valence-corrected chi connectivity index (χ0v) is 14.2. The van der Waals surface area contributed by atoms with E-state index in [1.54, 1.807) is 0 Å². The lowest BCUT2D eigenvalue weighted by Crippen LogP contribution is -2.47. The molecule has 130 valence electrons. The third-order valence-electron chi connectivity index (χ3n) is 6.46. The molecular formula is C18H31N3O2. The summed E-state index contributed by atoms with van der Waals surface area (Å²) in [5.74, 6) is -0.187. The van der Waals surface area contributed by atoms with Gasteiger partial charge in [0.1, 0.15) is 0 Å². The maximum atomic E-state index is 12.6. The number of nitrogens with one attached hydrogen (secondary N) is 1. The highest BCUT2D eigenvalue weighted by molar-refractivity contribution is 5.77. The van der Waals surface area contributed by atoms with E-state index in [9.17, 15) is 9.59 Å². The van der Waals surface area contributed by atoms with E-state index in [2.05, 4.69) is 5.32 Å². The Kier molecular flexibility index (Phi) is 5.12. The van der Waals surface area contributed by atoms with Gasteiger partial charge in [-0.25, -0.2) is 4.79 Å². The molecular weight excluding hydrogens is 290 g/mol. The molecule has 3 N–H and O–H groups in total. The minimum atomic E-state index is -0.191. The van der Waals surface area contributed by atoms with Gasteiger partial charge in [-0.1, -0.05) is 12.8 Å². The van der Waals surface area contributed by atoms with Crippen molar-refractivity contribution >= 4 is 11.9 Å². The summed E-state index contributed by atoms with van der Waals surface area (Å²) in [7, 11) is 0. The van der Waals surface area contributed by atoms with Gasteiger partial charge in [0.25, 0.3) is 0 Å². The highest BCUT2D eigenvalue weighted by Crippen LogP contribution is 2.46. The highest BCUT2D eigenvalue weighted by Gasteiger charge is 2.36. The SMILES string of the molecule is NC(=O)C1CCC(NC(=O)N2CCCC3(CCCC3)CC2)CC1. The lowest BCUT2D eigenvalue weighted by molar-refractivity contribution is -0.122. The first-order valence-electron chi connectivity index (χ1n) is 9.43. The molecule has 0 radical (unpaired) electrons. The van der Waals surface area contributed by atoms with Crippen molar-refractivity contribution in [2.75, 3.05) is 13.1 Å². The fourth-order valence-electron chi connectivity index (χ4n) is 4.87. The Bertz CT molecular complexity index is 438. The van der Waals surface area contributed by atoms with Crippen LogP contribution in [-0.2, 0) is 4.79 Å². The van der Waals surface area contributed by atoms with Crippen molar-refractivity contribution in [2.45, 2.75) is 76.7 Å². The lowest BCUT2D eigenvalue weighted by Gasteiger charge is -2.30. The second kappa shape index (κ2) is 7.10. The van der Waals surface area contributed by atoms with E-state index in [-0.39, 0.29) is 23.9 Å². The van der Waals surface area contributed by atoms with E-state index in [1.165, 1.54) is 38.5 Å². The van der Waals surface area contributed by atoms with Crippen molar-refractivity contribution < 1.29 is 9.59 Å². The Morgan fingerprint density at radius 1 is 0.913 bits per heavy atom. The van der Waals surface area contributed by atoms with E-state index >= 15 is 0 Å². The summed E-state index contributed by atoms with van der Waals surface area (Å²) >= 11 is 0. The summed E-state index contributed by atoms with van der Waals surface area (Å²) in [6.07, 6.45) is 12.4. The van der Waals surface area contributed by atoms with E-state index in [4.69, 9.17) is 5.73 Å². The quantitative estimate of drug-likeness (QED) is 0.820. The van der Waals surface area contributed by atoms with E-state index < -0.39 is 0 Å². The zero-order chi connectivity index (χ0) is 16.3. The van der Waals surface area contributed by atoms with Gasteiger partial charge < -0.3 is 16.0 Å². The molecule has 3 aliphatic rings. The van der Waals surface area contributed by atoms with Gasteiger partial charge in [0.05, 0.1) is 0 Å². The van der Waals surface area contributed by atoms with E-state index in [0.717, 1.165) is 45.2 Å². The Morgan fingerprint density at radius 2 is 1.57 bits per heavy atom. The summed E-state index contributed by atoms with van der Waals surface area (Å²) < 4.78 is 0. The van der Waals surface area contributed by atoms with Gasteiger partial charge in [-0.05, 0) is 63.2 Å². The predicted molar refractivity (Wildman–Crippen MR) is 89.8 cm³/mol. The number of nitrogens with two attached hydrogens (primary N) is 1. The standard InChI is InChI=1S/C18H31N3O2/c19-16(22)14-4-6-15(7-5-14)20-17(23)21-12-3-10-18(11-13-21)8-1-2-9-18/h14-15H,1-13H2,(H2,19,22)(H,20,23). The summed E-state index contributed by atoms with van der Waals surface area (Å²) in [5, 5.41) is 3.19. The van der Waals surface area contributed by atoms with Gasteiger partial charge in [-0.15, -0.1) is 0 Å². The van der Waals surface area contributed by atoms with Gasteiger partial charge in [0.15, 0.2) is 0 Å². The molecule has 2 saturated carbocycles. The van der Waals surface area contributed by atoms with Crippen LogP contribution >= 0.6 is 0 Å². The van der Waals surface area contributed by atoms with Gasteiger partial charge in [0.2, 0.25) is 5.91 Å². The van der Waals surface area contributed by atoms with Crippen LogP contribution in [0.25, 0.3) is 0 Å². The second-order valence-electron chi connectivity index (χ2n) is 7.95. The van der Waals surface area contributed by atoms with Crippen LogP contribution in [-0.4, -0.2) is 36.0 Å². The normalized spacial score (nSPS) is 30.9. The van der Waals surface area contributed by atoms with Crippen molar-refractivity contribution in [1.29, 1.82) is 0 Å². The van der Waals surface area contributed by atoms with Crippen molar-refractivity contribution in [3.05, 3.63) is 0 Å². The third kappa shape index (κ3) is 3.99. The first-order chi connectivity index (χ1) is 11.1. The summed E-state index contributed by atoms with van der Waals surface area (Å²) in [4.78, 5) is 25.8. The fourth-order valence-corrected chi connectivity index (χ4v) is 4.87. The van der Waals surface area contributed by atoms with Crippen LogP contribution in [0.3, 0.4) is 0 Å². The summed E-state index contributed by atoms with van der Waals surface area (Å²) in [6, 6.07) is 0.310. The number of carbonyl (C=O) groups is 2. The van der Waals surface area contributed by atoms with Crippen LogP contribution in [0.4, 0.5) is 4.79 Å². The molecule has 23 heavy (non-hydrogen) atoms. The molecule has 1 heterocycles. The van der Waals surface area contributed by atoms with Crippen LogP contribution in [0.2, 0.25) is 0 Å². The molecule has 0 unspecified atom stereocenters. The Hall–Kier alpha value is -1.26. The maximum absolute atomic E-state index is 12.6. The smallest absolute Gasteiger partial charge is 0.317 e. The molecule has 3 fully saturated rings. The molecule has 0 aromatic rings. The Morgan fingerprint density at radius 3 is 2.22 bits per heavy atom. The molecule has 5 heteroatoms. The number of hydrogen-bond acceptors (Lipinski definition) is 2.